The fourth-order valence-corrected chi connectivity index (χ4v) is 5.63. The number of hydrogen-bond acceptors (Lipinski definition) is 5. The van der Waals surface area contributed by atoms with Crippen molar-refractivity contribution in [2.75, 3.05) is 31.1 Å². The number of nitrogens with two attached hydrogens (primary N) is 1. The first-order valence-corrected chi connectivity index (χ1v) is 12.1. The number of aliphatic hydroxyl groups is 1. The summed E-state index contributed by atoms with van der Waals surface area (Å²) in [6.45, 7) is 3.22. The van der Waals surface area contributed by atoms with Crippen molar-refractivity contribution in [2.24, 2.45) is 5.73 Å². The Balaban J connectivity index is 1.76. The first-order chi connectivity index (χ1) is 17.2. The quantitative estimate of drug-likeness (QED) is 0.464. The summed E-state index contributed by atoms with van der Waals surface area (Å²) in [5, 5.41) is 12.7. The number of amides is 1. The molecule has 5 rings (SSSR count). The van der Waals surface area contributed by atoms with Gasteiger partial charge in [0.15, 0.2) is 11.6 Å². The molecule has 6 nitrogen and oxygen atoms in total. The molecule has 36 heavy (non-hydrogen) atoms. The molecule has 1 fully saturated rings. The first kappa shape index (κ1) is 24.5. The lowest BCUT2D eigenvalue weighted by molar-refractivity contribution is 0.0999. The van der Waals surface area contributed by atoms with Gasteiger partial charge < -0.3 is 25.8 Å². The van der Waals surface area contributed by atoms with Crippen molar-refractivity contribution in [3.63, 3.8) is 0 Å². The van der Waals surface area contributed by atoms with Crippen LogP contribution in [0, 0.1) is 11.6 Å². The Morgan fingerprint density at radius 3 is 2.69 bits per heavy atom. The van der Waals surface area contributed by atoms with E-state index in [4.69, 9.17) is 22.1 Å². The lowest BCUT2D eigenvalue weighted by atomic mass is 9.83. The third-order valence-electron chi connectivity index (χ3n) is 6.92. The monoisotopic (exact) mass is 513 g/mol. The molecule has 4 N–H and O–H groups in total. The number of carbonyl (C=O) groups is 1. The van der Waals surface area contributed by atoms with Crippen molar-refractivity contribution in [3.05, 3.63) is 81.9 Å². The normalized spacial score (nSPS) is 19.5. The molecule has 2 atom stereocenters. The summed E-state index contributed by atoms with van der Waals surface area (Å²) in [5.74, 6) is -2.69. The highest BCUT2D eigenvalue weighted by Gasteiger charge is 2.48. The third kappa shape index (κ3) is 3.89. The van der Waals surface area contributed by atoms with Gasteiger partial charge in [-0.05, 0) is 36.2 Å². The molecule has 0 radical (unpaired) electrons. The van der Waals surface area contributed by atoms with E-state index in [1.807, 2.05) is 30.3 Å². The van der Waals surface area contributed by atoms with E-state index in [1.165, 1.54) is 25.1 Å². The molecule has 0 aromatic heterocycles. The van der Waals surface area contributed by atoms with Crippen LogP contribution in [0.2, 0.25) is 5.02 Å². The summed E-state index contributed by atoms with van der Waals surface area (Å²) in [4.78, 5) is 14.5. The Bertz CT molecular complexity index is 1340. The van der Waals surface area contributed by atoms with E-state index in [1.54, 1.807) is 0 Å². The number of rotatable bonds is 6. The second-order valence-electron chi connectivity index (χ2n) is 9.27. The minimum absolute atomic E-state index is 0.0881. The zero-order valence-electron chi connectivity index (χ0n) is 19.7. The Kier molecular flexibility index (Phi) is 6.36. The second kappa shape index (κ2) is 9.35. The predicted molar refractivity (Wildman–Crippen MR) is 135 cm³/mol. The maximum absolute atomic E-state index is 16.0. The van der Waals surface area contributed by atoms with Crippen LogP contribution in [0.3, 0.4) is 0 Å². The number of aliphatic hydroxyl groups excluding tert-OH is 1. The van der Waals surface area contributed by atoms with Crippen LogP contribution < -0.4 is 20.7 Å². The van der Waals surface area contributed by atoms with Crippen molar-refractivity contribution in [2.45, 2.75) is 25.0 Å². The van der Waals surface area contributed by atoms with Crippen molar-refractivity contribution in [3.8, 4) is 16.9 Å². The Hall–Kier alpha value is -3.20. The largest absolute Gasteiger partial charge is 0.488 e. The van der Waals surface area contributed by atoms with Gasteiger partial charge in [-0.3, -0.25) is 4.79 Å². The number of nitrogens with one attached hydrogen (secondary N) is 1. The van der Waals surface area contributed by atoms with Crippen LogP contribution in [-0.4, -0.2) is 43.4 Å². The van der Waals surface area contributed by atoms with Crippen molar-refractivity contribution >= 4 is 23.2 Å². The summed E-state index contributed by atoms with van der Waals surface area (Å²) >= 11 is 6.52. The number of halogens is 3. The molecule has 9 heteroatoms. The Labute approximate surface area is 212 Å². The number of piperazine rings is 1. The number of anilines is 1. The van der Waals surface area contributed by atoms with Crippen LogP contribution in [0.4, 0.5) is 14.5 Å². The van der Waals surface area contributed by atoms with Crippen LogP contribution in [0.15, 0.2) is 48.5 Å². The van der Waals surface area contributed by atoms with E-state index < -0.39 is 29.2 Å². The van der Waals surface area contributed by atoms with E-state index in [2.05, 4.69) is 10.2 Å². The highest BCUT2D eigenvalue weighted by Crippen LogP contribution is 2.52. The molecule has 0 saturated carbocycles. The minimum Gasteiger partial charge on any atom is -0.488 e. The van der Waals surface area contributed by atoms with E-state index in [-0.39, 0.29) is 34.1 Å². The Morgan fingerprint density at radius 2 is 2.00 bits per heavy atom. The van der Waals surface area contributed by atoms with Gasteiger partial charge in [-0.15, -0.1) is 0 Å². The molecule has 1 saturated heterocycles. The molecule has 1 amide bonds. The van der Waals surface area contributed by atoms with Crippen LogP contribution in [0.1, 0.15) is 28.4 Å². The predicted octanol–water partition coefficient (Wildman–Crippen LogP) is 4.00. The third-order valence-corrected chi connectivity index (χ3v) is 7.29. The van der Waals surface area contributed by atoms with Gasteiger partial charge in [0.2, 0.25) is 5.91 Å². The number of primary amides is 1. The summed E-state index contributed by atoms with van der Waals surface area (Å²) < 4.78 is 36.8. The zero-order chi connectivity index (χ0) is 25.6. The molecule has 188 valence electrons. The van der Waals surface area contributed by atoms with Crippen molar-refractivity contribution in [1.82, 2.24) is 5.32 Å². The average Bonchev–Trinajstić information content (AvgIpc) is 3.19. The van der Waals surface area contributed by atoms with E-state index in [0.29, 0.717) is 37.3 Å². The van der Waals surface area contributed by atoms with Gasteiger partial charge in [0.1, 0.15) is 12.4 Å². The van der Waals surface area contributed by atoms with Crippen molar-refractivity contribution < 1.29 is 23.4 Å². The average molecular weight is 514 g/mol. The number of carbonyl (C=O) groups excluding carboxylic acids is 1. The number of fused-ring (bicyclic) bond motifs is 3. The molecule has 3 aromatic rings. The van der Waals surface area contributed by atoms with Gasteiger partial charge in [0.05, 0.1) is 22.2 Å². The first-order valence-electron chi connectivity index (χ1n) is 11.7. The zero-order valence-corrected chi connectivity index (χ0v) is 20.4. The smallest absolute Gasteiger partial charge is 0.249 e. The topological polar surface area (TPSA) is 87.8 Å². The van der Waals surface area contributed by atoms with E-state index in [0.717, 1.165) is 5.56 Å². The maximum Gasteiger partial charge on any atom is 0.249 e. The minimum atomic E-state index is -0.890. The highest BCUT2D eigenvalue weighted by molar-refractivity contribution is 6.34. The van der Waals surface area contributed by atoms with Gasteiger partial charge in [0.25, 0.3) is 0 Å². The summed E-state index contributed by atoms with van der Waals surface area (Å²) in [7, 11) is 0. The number of nitrogens with zero attached hydrogens (tertiary/aromatic N) is 1. The van der Waals surface area contributed by atoms with Gasteiger partial charge >= 0.3 is 0 Å². The van der Waals surface area contributed by atoms with Crippen LogP contribution >= 0.6 is 11.6 Å². The highest BCUT2D eigenvalue weighted by atomic mass is 35.5. The molecule has 1 unspecified atom stereocenters. The maximum atomic E-state index is 16.0. The molecule has 0 aliphatic carbocycles. The summed E-state index contributed by atoms with van der Waals surface area (Å²) in [6.07, 6.45) is -0.440. The van der Waals surface area contributed by atoms with Crippen LogP contribution in [-0.2, 0) is 12.0 Å². The standard InChI is InChI=1S/C27H26ClF2N3O3/c1-15(34)13-36-21-8-7-17(26(31)35)23(25(21)30)22-18-12-27(16-5-3-2-4-6-16)14-32-9-10-33(27)20(18)11-19(29)24(22)28/h2-8,11,15,32,34H,9-10,12-14H2,1H3,(H2,31,35)/t15-,27?/m1/s1. The van der Waals surface area contributed by atoms with Gasteiger partial charge in [-0.1, -0.05) is 41.9 Å². The lowest BCUT2D eigenvalue weighted by Gasteiger charge is -2.45. The van der Waals surface area contributed by atoms with Crippen molar-refractivity contribution in [1.29, 1.82) is 0 Å². The molecule has 0 bridgehead atoms. The Morgan fingerprint density at radius 1 is 1.25 bits per heavy atom. The molecule has 3 aromatic carbocycles. The summed E-state index contributed by atoms with van der Waals surface area (Å²) in [5.41, 5.74) is 7.07. The van der Waals surface area contributed by atoms with Crippen LogP contribution in [0.5, 0.6) is 5.75 Å². The molecule has 2 aliphatic heterocycles. The molecule has 0 spiro atoms. The molecule has 2 heterocycles. The van der Waals surface area contributed by atoms with Gasteiger partial charge in [-0.25, -0.2) is 8.78 Å². The fourth-order valence-electron chi connectivity index (χ4n) is 5.36. The molecular formula is C27H26ClF2N3O3. The number of benzene rings is 3. The summed E-state index contributed by atoms with van der Waals surface area (Å²) in [6, 6.07) is 13.8. The van der Waals surface area contributed by atoms with Crippen LogP contribution in [0.25, 0.3) is 11.1 Å². The molecular weight excluding hydrogens is 488 g/mol. The number of ether oxygens (including phenoxy) is 1. The number of hydrogen-bond donors (Lipinski definition) is 3. The van der Waals surface area contributed by atoms with Gasteiger partial charge in [0, 0.05) is 42.9 Å². The van der Waals surface area contributed by atoms with E-state index >= 15 is 8.78 Å². The van der Waals surface area contributed by atoms with E-state index in [9.17, 15) is 9.90 Å². The van der Waals surface area contributed by atoms with Gasteiger partial charge in [-0.2, -0.15) is 0 Å². The molecule has 2 aliphatic rings. The SMILES string of the molecule is C[C@@H](O)COc1ccc(C(N)=O)c(-c2c(Cl)c(F)cc3c2CC2(c4ccccc4)CNCCN32)c1F. The lowest BCUT2D eigenvalue weighted by Crippen LogP contribution is -2.57. The fraction of sp³-hybridized carbons (Fsp3) is 0.296. The second-order valence-corrected chi connectivity index (χ2v) is 9.65.